The van der Waals surface area contributed by atoms with Crippen molar-refractivity contribution in [2.75, 3.05) is 5.32 Å². The van der Waals surface area contributed by atoms with E-state index in [2.05, 4.69) is 15.3 Å². The van der Waals surface area contributed by atoms with Gasteiger partial charge in [-0.2, -0.15) is 0 Å². The predicted octanol–water partition coefficient (Wildman–Crippen LogP) is 4.39. The van der Waals surface area contributed by atoms with Crippen LogP contribution in [-0.4, -0.2) is 19.5 Å². The lowest BCUT2D eigenvalue weighted by atomic mass is 10.1. The second kappa shape index (κ2) is 7.07. The highest BCUT2D eigenvalue weighted by Crippen LogP contribution is 2.30. The lowest BCUT2D eigenvalue weighted by molar-refractivity contribution is -0.383. The summed E-state index contributed by atoms with van der Waals surface area (Å²) < 4.78 is 16.2. The van der Waals surface area contributed by atoms with Crippen LogP contribution in [0.3, 0.4) is 0 Å². The van der Waals surface area contributed by atoms with Crippen LogP contribution in [0.4, 0.5) is 15.8 Å². The van der Waals surface area contributed by atoms with Crippen LogP contribution in [-0.2, 0) is 6.54 Å². The second-order valence-electron chi connectivity index (χ2n) is 6.27. The number of nitrogens with zero attached hydrogens (tertiary/aromatic N) is 4. The van der Waals surface area contributed by atoms with Crippen molar-refractivity contribution >= 4 is 22.3 Å². The Kier molecular flexibility index (Phi) is 4.44. The Morgan fingerprint density at radius 2 is 2.04 bits per heavy atom. The SMILES string of the molecule is Cc1nccn1-c1ccc(CNc2ccc([N+](=O)[O-])c3cccnc23)cc1F. The Morgan fingerprint density at radius 3 is 2.75 bits per heavy atom. The van der Waals surface area contributed by atoms with E-state index in [9.17, 15) is 14.5 Å². The van der Waals surface area contributed by atoms with Gasteiger partial charge >= 0.3 is 0 Å². The molecule has 2 aromatic heterocycles. The number of nitrogens with one attached hydrogen (secondary N) is 1. The van der Waals surface area contributed by atoms with Crippen molar-refractivity contribution in [2.24, 2.45) is 0 Å². The van der Waals surface area contributed by atoms with E-state index < -0.39 is 4.92 Å². The Morgan fingerprint density at radius 1 is 1.18 bits per heavy atom. The molecule has 2 heterocycles. The topological polar surface area (TPSA) is 85.9 Å². The molecule has 28 heavy (non-hydrogen) atoms. The van der Waals surface area contributed by atoms with Gasteiger partial charge in [-0.15, -0.1) is 0 Å². The summed E-state index contributed by atoms with van der Waals surface area (Å²) in [4.78, 5) is 19.1. The molecule has 8 heteroatoms. The summed E-state index contributed by atoms with van der Waals surface area (Å²) >= 11 is 0. The molecule has 0 saturated heterocycles. The van der Waals surface area contributed by atoms with Gasteiger partial charge in [0.1, 0.15) is 17.2 Å². The maximum absolute atomic E-state index is 14.6. The van der Waals surface area contributed by atoms with E-state index in [1.54, 1.807) is 47.4 Å². The van der Waals surface area contributed by atoms with Crippen molar-refractivity contribution < 1.29 is 9.31 Å². The van der Waals surface area contributed by atoms with Crippen LogP contribution in [0, 0.1) is 22.9 Å². The van der Waals surface area contributed by atoms with Crippen LogP contribution >= 0.6 is 0 Å². The first-order valence-corrected chi connectivity index (χ1v) is 8.59. The van der Waals surface area contributed by atoms with Crippen LogP contribution in [0.1, 0.15) is 11.4 Å². The molecule has 4 rings (SSSR count). The van der Waals surface area contributed by atoms with Crippen LogP contribution in [0.2, 0.25) is 0 Å². The highest BCUT2D eigenvalue weighted by molar-refractivity contribution is 5.96. The van der Waals surface area contributed by atoms with Crippen molar-refractivity contribution in [3.8, 4) is 5.69 Å². The summed E-state index contributed by atoms with van der Waals surface area (Å²) in [5, 5.41) is 14.9. The Hall–Kier alpha value is -3.81. The van der Waals surface area contributed by atoms with Gasteiger partial charge in [0.2, 0.25) is 0 Å². The van der Waals surface area contributed by atoms with Gasteiger partial charge in [0, 0.05) is 31.2 Å². The second-order valence-corrected chi connectivity index (χ2v) is 6.27. The highest BCUT2D eigenvalue weighted by Gasteiger charge is 2.15. The molecule has 4 aromatic rings. The van der Waals surface area contributed by atoms with E-state index in [0.29, 0.717) is 34.6 Å². The minimum atomic E-state index is -0.431. The van der Waals surface area contributed by atoms with Crippen molar-refractivity contribution in [2.45, 2.75) is 13.5 Å². The molecule has 140 valence electrons. The maximum atomic E-state index is 14.6. The van der Waals surface area contributed by atoms with Crippen molar-refractivity contribution in [1.82, 2.24) is 14.5 Å². The molecule has 0 aliphatic carbocycles. The number of benzene rings is 2. The summed E-state index contributed by atoms with van der Waals surface area (Å²) in [6.07, 6.45) is 4.91. The zero-order chi connectivity index (χ0) is 19.7. The maximum Gasteiger partial charge on any atom is 0.278 e. The van der Waals surface area contributed by atoms with Gasteiger partial charge in [-0.1, -0.05) is 6.07 Å². The van der Waals surface area contributed by atoms with Gasteiger partial charge in [0.05, 0.1) is 21.7 Å². The molecule has 0 bridgehead atoms. The highest BCUT2D eigenvalue weighted by atomic mass is 19.1. The Balaban J connectivity index is 1.60. The fourth-order valence-electron chi connectivity index (χ4n) is 3.15. The lowest BCUT2D eigenvalue weighted by Gasteiger charge is -2.11. The number of non-ortho nitro benzene ring substituents is 1. The number of aryl methyl sites for hydroxylation is 1. The summed E-state index contributed by atoms with van der Waals surface area (Å²) in [5.41, 5.74) is 2.32. The lowest BCUT2D eigenvalue weighted by Crippen LogP contribution is -2.04. The number of anilines is 1. The summed E-state index contributed by atoms with van der Waals surface area (Å²) in [5.74, 6) is 0.347. The van der Waals surface area contributed by atoms with Crippen LogP contribution in [0.5, 0.6) is 0 Å². The minimum absolute atomic E-state index is 0.000232. The first-order valence-electron chi connectivity index (χ1n) is 8.59. The van der Waals surface area contributed by atoms with Gasteiger partial charge in [-0.05, 0) is 42.8 Å². The largest absolute Gasteiger partial charge is 0.379 e. The van der Waals surface area contributed by atoms with Crippen LogP contribution < -0.4 is 5.32 Å². The number of imidazole rings is 1. The number of hydrogen-bond acceptors (Lipinski definition) is 5. The summed E-state index contributed by atoms with van der Waals surface area (Å²) in [6.45, 7) is 2.16. The Bertz CT molecular complexity index is 1190. The zero-order valence-electron chi connectivity index (χ0n) is 15.0. The van der Waals surface area contributed by atoms with E-state index >= 15 is 0 Å². The third-order valence-corrected chi connectivity index (χ3v) is 4.52. The number of nitro benzene ring substituents is 1. The molecular formula is C20H16FN5O2. The minimum Gasteiger partial charge on any atom is -0.379 e. The van der Waals surface area contributed by atoms with Gasteiger partial charge in [0.15, 0.2) is 0 Å². The first-order chi connectivity index (χ1) is 13.5. The molecule has 0 spiro atoms. The number of hydrogen-bond donors (Lipinski definition) is 1. The molecule has 0 amide bonds. The number of aromatic nitrogens is 3. The molecule has 1 N–H and O–H groups in total. The van der Waals surface area contributed by atoms with Gasteiger partial charge in [-0.3, -0.25) is 15.1 Å². The molecule has 7 nitrogen and oxygen atoms in total. The molecule has 2 aromatic carbocycles. The molecule has 0 aliphatic rings. The van der Waals surface area contributed by atoms with Crippen molar-refractivity contribution in [1.29, 1.82) is 0 Å². The average molecular weight is 377 g/mol. The Labute approximate surface area is 159 Å². The summed E-state index contributed by atoms with van der Waals surface area (Å²) in [6, 6.07) is 11.4. The molecule has 0 saturated carbocycles. The third kappa shape index (κ3) is 3.16. The molecule has 0 radical (unpaired) electrons. The number of pyridine rings is 1. The fourth-order valence-corrected chi connectivity index (χ4v) is 3.15. The van der Waals surface area contributed by atoms with Crippen LogP contribution in [0.15, 0.2) is 61.1 Å². The fraction of sp³-hybridized carbons (Fsp3) is 0.100. The number of rotatable bonds is 5. The predicted molar refractivity (Wildman–Crippen MR) is 104 cm³/mol. The third-order valence-electron chi connectivity index (χ3n) is 4.52. The van der Waals surface area contributed by atoms with Crippen molar-refractivity contribution in [3.05, 3.63) is 88.4 Å². The monoisotopic (exact) mass is 377 g/mol. The van der Waals surface area contributed by atoms with Gasteiger partial charge < -0.3 is 9.88 Å². The zero-order valence-corrected chi connectivity index (χ0v) is 15.0. The number of halogens is 1. The van der Waals surface area contributed by atoms with E-state index in [1.807, 2.05) is 13.0 Å². The molecule has 0 unspecified atom stereocenters. The normalized spacial score (nSPS) is 10.9. The molecule has 0 atom stereocenters. The molecule has 0 fully saturated rings. The average Bonchev–Trinajstić information content (AvgIpc) is 3.11. The van der Waals surface area contributed by atoms with Crippen molar-refractivity contribution in [3.63, 3.8) is 0 Å². The van der Waals surface area contributed by atoms with Gasteiger partial charge in [-0.25, -0.2) is 9.37 Å². The quantitative estimate of drug-likeness (QED) is 0.412. The standard InChI is InChI=1S/C20H16FN5O2/c1-13-22-9-10-25(13)19-6-4-14(11-16(19)21)12-24-17-5-7-18(26(27)28)15-3-2-8-23-20(15)17/h2-11,24H,12H2,1H3. The summed E-state index contributed by atoms with van der Waals surface area (Å²) in [7, 11) is 0. The van der Waals surface area contributed by atoms with E-state index in [4.69, 9.17) is 0 Å². The number of fused-ring (bicyclic) bond motifs is 1. The molecule has 0 aliphatic heterocycles. The smallest absolute Gasteiger partial charge is 0.278 e. The van der Waals surface area contributed by atoms with E-state index in [-0.39, 0.29) is 11.5 Å². The molecular weight excluding hydrogens is 361 g/mol. The number of nitro groups is 1. The van der Waals surface area contributed by atoms with Crippen LogP contribution in [0.25, 0.3) is 16.6 Å². The van der Waals surface area contributed by atoms with Gasteiger partial charge in [0.25, 0.3) is 5.69 Å². The van der Waals surface area contributed by atoms with E-state index in [0.717, 1.165) is 5.56 Å². The van der Waals surface area contributed by atoms with E-state index in [1.165, 1.54) is 12.1 Å². The first kappa shape index (κ1) is 17.6.